The van der Waals surface area contributed by atoms with Crippen LogP contribution in [-0.4, -0.2) is 149 Å². The van der Waals surface area contributed by atoms with Crippen LogP contribution in [0.3, 0.4) is 0 Å². The van der Waals surface area contributed by atoms with E-state index in [4.69, 9.17) is 28.4 Å². The molecule has 3 aliphatic heterocycles. The molecule has 14 nitrogen and oxygen atoms in total. The third kappa shape index (κ3) is 11.0. The molecule has 0 spiro atoms. The zero-order valence-corrected chi connectivity index (χ0v) is 34.6. The Bertz CT molecular complexity index is 1220. The molecule has 0 aromatic rings. The summed E-state index contributed by atoms with van der Waals surface area (Å²) in [5.41, 5.74) is -3.38. The summed E-state index contributed by atoms with van der Waals surface area (Å²) >= 11 is 0. The highest BCUT2D eigenvalue weighted by atomic mass is 16.7. The van der Waals surface area contributed by atoms with Crippen LogP contribution in [0, 0.1) is 23.7 Å². The van der Waals surface area contributed by atoms with Crippen molar-refractivity contribution in [3.63, 3.8) is 0 Å². The number of rotatable bonds is 7. The van der Waals surface area contributed by atoms with Crippen molar-refractivity contribution >= 4 is 17.7 Å². The standard InChI is InChI=1S/C39H70N2O12/c1-15-29-39(11,47)34(44)25(7)41(14)19-20(2)18-38(10,46)35(53-37-33(50-27(9)42)28(40(12)13)17-22(4)48-37)23(5)32(24(6)36(45)51-29)52-30-16-21(3)31(43)26(8)49-30/h20-26,28-30,32-35,37,44,46-47H,15-19H2,1-14H3/t20-,21-,22-,23+,24-,25-,26+,28+,29-,30+,32+,33-,34-,35-,37+,38+,39-/m1/s1. The maximum Gasteiger partial charge on any atom is 0.311 e. The topological polar surface area (TPSA) is 174 Å². The number of Topliss-reactive ketones (excluding diaryl/α,β-unsaturated/α-hetero) is 1. The van der Waals surface area contributed by atoms with Gasteiger partial charge in [0, 0.05) is 37.8 Å². The predicted molar refractivity (Wildman–Crippen MR) is 196 cm³/mol. The summed E-state index contributed by atoms with van der Waals surface area (Å²) in [7, 11) is 5.62. The van der Waals surface area contributed by atoms with E-state index < -0.39 is 90.2 Å². The Morgan fingerprint density at radius 3 is 2.15 bits per heavy atom. The third-order valence-corrected chi connectivity index (χ3v) is 11.8. The van der Waals surface area contributed by atoms with E-state index in [0.717, 1.165) is 0 Å². The molecule has 3 rings (SSSR count). The van der Waals surface area contributed by atoms with E-state index in [9.17, 15) is 29.7 Å². The Balaban J connectivity index is 2.20. The van der Waals surface area contributed by atoms with Gasteiger partial charge in [0.2, 0.25) is 0 Å². The number of carbonyl (C=O) groups excluding carboxylic acids is 3. The lowest BCUT2D eigenvalue weighted by Gasteiger charge is -2.48. The summed E-state index contributed by atoms with van der Waals surface area (Å²) < 4.78 is 37.8. The van der Waals surface area contributed by atoms with Gasteiger partial charge in [-0.15, -0.1) is 0 Å². The molecule has 3 fully saturated rings. The van der Waals surface area contributed by atoms with Crippen LogP contribution >= 0.6 is 0 Å². The van der Waals surface area contributed by atoms with Gasteiger partial charge < -0.3 is 53.5 Å². The van der Waals surface area contributed by atoms with Crippen molar-refractivity contribution in [1.29, 1.82) is 0 Å². The van der Waals surface area contributed by atoms with Gasteiger partial charge in [0.25, 0.3) is 0 Å². The molecule has 14 heteroatoms. The minimum Gasteiger partial charge on any atom is -0.459 e. The van der Waals surface area contributed by atoms with Crippen molar-refractivity contribution in [3.8, 4) is 0 Å². The van der Waals surface area contributed by atoms with Gasteiger partial charge >= 0.3 is 11.9 Å². The van der Waals surface area contributed by atoms with Crippen LogP contribution in [0.5, 0.6) is 0 Å². The van der Waals surface area contributed by atoms with E-state index in [1.807, 2.05) is 58.6 Å². The number of hydrogen-bond donors (Lipinski definition) is 3. The minimum absolute atomic E-state index is 0.0492. The number of likely N-dealkylation sites (N-methyl/N-ethyl adjacent to an activating group) is 2. The average molecular weight is 759 g/mol. The first-order valence-electron chi connectivity index (χ1n) is 19.4. The van der Waals surface area contributed by atoms with Gasteiger partial charge in [0.05, 0.1) is 35.9 Å². The minimum atomic E-state index is -1.80. The Labute approximate surface area is 317 Å². The third-order valence-electron chi connectivity index (χ3n) is 11.8. The first-order valence-corrected chi connectivity index (χ1v) is 19.4. The van der Waals surface area contributed by atoms with Crippen LogP contribution in [-0.2, 0) is 42.8 Å². The SMILES string of the molecule is CC[C@H]1OC(=O)[C@H](C)[C@@H](O[C@H]2C[C@@H](C)C(=O)[C@H](C)O2)[C@H](C)[C@@H](O[C@@H]2O[C@H](C)C[C@H](N(C)C)[C@H]2OC(C)=O)[C@@](C)(O)C[C@@H](C)CN(C)[C@H](C)[C@@H](O)[C@]1(C)O. The fraction of sp³-hybridized carbons (Fsp3) is 0.923. The monoisotopic (exact) mass is 758 g/mol. The number of ketones is 1. The number of nitrogens with zero attached hydrogens (tertiary/aromatic N) is 2. The van der Waals surface area contributed by atoms with E-state index >= 15 is 0 Å². The lowest BCUT2D eigenvalue weighted by molar-refractivity contribution is -0.308. The summed E-state index contributed by atoms with van der Waals surface area (Å²) in [6, 6.07) is -0.805. The van der Waals surface area contributed by atoms with Gasteiger partial charge in [-0.25, -0.2) is 0 Å². The molecule has 3 saturated heterocycles. The smallest absolute Gasteiger partial charge is 0.311 e. The second kappa shape index (κ2) is 18.5. The maximum absolute atomic E-state index is 14.2. The molecule has 3 N–H and O–H groups in total. The first kappa shape index (κ1) is 45.6. The number of hydrogen-bond acceptors (Lipinski definition) is 14. The molecular formula is C39H70N2O12. The van der Waals surface area contributed by atoms with Gasteiger partial charge in [-0.05, 0) is 87.9 Å². The average Bonchev–Trinajstić information content (AvgIpc) is 3.05. The molecule has 0 saturated carbocycles. The maximum atomic E-state index is 14.2. The highest BCUT2D eigenvalue weighted by Gasteiger charge is 2.52. The van der Waals surface area contributed by atoms with E-state index in [1.165, 1.54) is 13.8 Å². The second-order valence-corrected chi connectivity index (χ2v) is 17.1. The van der Waals surface area contributed by atoms with Gasteiger partial charge in [-0.2, -0.15) is 0 Å². The summed E-state index contributed by atoms with van der Waals surface area (Å²) in [4.78, 5) is 43.2. The molecule has 0 aromatic heterocycles. The molecule has 0 aromatic carbocycles. The van der Waals surface area contributed by atoms with E-state index in [1.54, 1.807) is 34.6 Å². The van der Waals surface area contributed by atoms with Crippen LogP contribution in [0.1, 0.15) is 102 Å². The fourth-order valence-electron chi connectivity index (χ4n) is 8.69. The van der Waals surface area contributed by atoms with Crippen molar-refractivity contribution in [2.45, 2.75) is 180 Å². The van der Waals surface area contributed by atoms with Gasteiger partial charge in [-0.3, -0.25) is 14.4 Å². The molecule has 308 valence electrons. The normalized spacial score (nSPS) is 46.0. The highest BCUT2D eigenvalue weighted by molar-refractivity contribution is 5.85. The molecule has 0 aliphatic carbocycles. The number of aliphatic hydroxyl groups excluding tert-OH is 1. The van der Waals surface area contributed by atoms with E-state index in [-0.39, 0.29) is 49.0 Å². The van der Waals surface area contributed by atoms with Crippen LogP contribution in [0.4, 0.5) is 0 Å². The van der Waals surface area contributed by atoms with Gasteiger partial charge in [-0.1, -0.05) is 27.7 Å². The number of aliphatic hydroxyl groups is 3. The van der Waals surface area contributed by atoms with Crippen LogP contribution < -0.4 is 0 Å². The highest BCUT2D eigenvalue weighted by Crippen LogP contribution is 2.39. The zero-order valence-electron chi connectivity index (χ0n) is 34.6. The summed E-state index contributed by atoms with van der Waals surface area (Å²) in [6.45, 7) is 19.3. The molecule has 0 bridgehead atoms. The number of esters is 2. The van der Waals surface area contributed by atoms with Crippen LogP contribution in [0.15, 0.2) is 0 Å². The fourth-order valence-corrected chi connectivity index (χ4v) is 8.69. The van der Waals surface area contributed by atoms with Gasteiger partial charge in [0.15, 0.2) is 24.5 Å². The molecule has 0 radical (unpaired) electrons. The Kier molecular flexibility index (Phi) is 15.9. The number of cyclic esters (lactones) is 1. The second-order valence-electron chi connectivity index (χ2n) is 17.1. The Hall–Kier alpha value is -1.75. The van der Waals surface area contributed by atoms with Crippen LogP contribution in [0.25, 0.3) is 0 Å². The molecule has 3 aliphatic rings. The molecular weight excluding hydrogens is 688 g/mol. The quantitative estimate of drug-likeness (QED) is 0.324. The Morgan fingerprint density at radius 2 is 1.60 bits per heavy atom. The zero-order chi connectivity index (χ0) is 40.3. The lowest BCUT2D eigenvalue weighted by atomic mass is 9.77. The predicted octanol–water partition coefficient (Wildman–Crippen LogP) is 2.91. The van der Waals surface area contributed by atoms with Crippen molar-refractivity contribution in [2.24, 2.45) is 23.7 Å². The number of ether oxygens (including phenoxy) is 6. The van der Waals surface area contributed by atoms with Crippen molar-refractivity contribution in [1.82, 2.24) is 9.80 Å². The number of carbonyl (C=O) groups is 3. The van der Waals surface area contributed by atoms with Crippen molar-refractivity contribution in [2.75, 3.05) is 27.7 Å². The van der Waals surface area contributed by atoms with Crippen molar-refractivity contribution < 1.29 is 58.1 Å². The molecule has 0 unspecified atom stereocenters. The van der Waals surface area contributed by atoms with Crippen LogP contribution in [0.2, 0.25) is 0 Å². The Morgan fingerprint density at radius 1 is 0.981 bits per heavy atom. The lowest BCUT2D eigenvalue weighted by Crippen LogP contribution is -2.60. The first-order chi connectivity index (χ1) is 24.4. The molecule has 17 atom stereocenters. The van der Waals surface area contributed by atoms with Crippen molar-refractivity contribution in [3.05, 3.63) is 0 Å². The molecule has 3 heterocycles. The largest absolute Gasteiger partial charge is 0.459 e. The van der Waals surface area contributed by atoms with E-state index in [0.29, 0.717) is 13.0 Å². The molecule has 0 amide bonds. The van der Waals surface area contributed by atoms with E-state index in [2.05, 4.69) is 0 Å². The molecule has 53 heavy (non-hydrogen) atoms. The summed E-state index contributed by atoms with van der Waals surface area (Å²) in [6.07, 6.45) is -6.98. The van der Waals surface area contributed by atoms with Gasteiger partial charge in [0.1, 0.15) is 23.9 Å². The summed E-state index contributed by atoms with van der Waals surface area (Å²) in [5, 5.41) is 35.8. The summed E-state index contributed by atoms with van der Waals surface area (Å²) in [5.74, 6) is -3.52.